The second kappa shape index (κ2) is 9.20. The summed E-state index contributed by atoms with van der Waals surface area (Å²) >= 11 is 6.26. The van der Waals surface area contributed by atoms with Crippen LogP contribution in [0.4, 0.5) is 0 Å². The zero-order valence-corrected chi connectivity index (χ0v) is 16.1. The first-order valence-corrected chi connectivity index (χ1v) is 9.12. The minimum absolute atomic E-state index is 0.0793. The molecule has 0 radical (unpaired) electrons. The smallest absolute Gasteiger partial charge is 0.321 e. The van der Waals surface area contributed by atoms with Gasteiger partial charge in [-0.25, -0.2) is 0 Å². The molecule has 5 heteroatoms. The summed E-state index contributed by atoms with van der Waals surface area (Å²) in [4.78, 5) is 26.2. The van der Waals surface area contributed by atoms with Crippen LogP contribution >= 0.6 is 11.6 Å². The van der Waals surface area contributed by atoms with Crippen LogP contribution in [0.3, 0.4) is 0 Å². The molecule has 0 aromatic heterocycles. The Labute approximate surface area is 168 Å². The number of hydrogen-bond donors (Lipinski definition) is 0. The maximum Gasteiger partial charge on any atom is 0.321 e. The SMILES string of the molecule is COc1cccc(Cl)c1C(=O)C(C(=O)OCc1ccccc1)c1ccccc1. The number of Topliss-reactive ketones (excluding diaryl/α,β-unsaturated/α-hetero) is 1. The molecule has 0 fully saturated rings. The third-order valence-electron chi connectivity index (χ3n) is 4.30. The summed E-state index contributed by atoms with van der Waals surface area (Å²) in [6.45, 7) is 0.0793. The highest BCUT2D eigenvalue weighted by molar-refractivity contribution is 6.35. The van der Waals surface area contributed by atoms with Gasteiger partial charge in [0.1, 0.15) is 18.3 Å². The molecule has 4 nitrogen and oxygen atoms in total. The molecule has 0 saturated carbocycles. The van der Waals surface area contributed by atoms with Gasteiger partial charge in [0.05, 0.1) is 17.7 Å². The lowest BCUT2D eigenvalue weighted by Crippen LogP contribution is -2.25. The highest BCUT2D eigenvalue weighted by Gasteiger charge is 2.33. The zero-order valence-electron chi connectivity index (χ0n) is 15.3. The van der Waals surface area contributed by atoms with Crippen molar-refractivity contribution in [2.45, 2.75) is 12.5 Å². The summed E-state index contributed by atoms with van der Waals surface area (Å²) in [6.07, 6.45) is 0. The number of rotatable bonds is 7. The van der Waals surface area contributed by atoms with Gasteiger partial charge in [0, 0.05) is 0 Å². The first kappa shape index (κ1) is 19.6. The minimum atomic E-state index is -1.14. The molecule has 0 bridgehead atoms. The van der Waals surface area contributed by atoms with Gasteiger partial charge in [-0.05, 0) is 23.3 Å². The van der Waals surface area contributed by atoms with Gasteiger partial charge < -0.3 is 9.47 Å². The molecule has 0 amide bonds. The molecule has 0 aliphatic carbocycles. The maximum absolute atomic E-state index is 13.3. The molecule has 142 valence electrons. The van der Waals surface area contributed by atoms with Crippen LogP contribution in [0.25, 0.3) is 0 Å². The summed E-state index contributed by atoms with van der Waals surface area (Å²) in [5.41, 5.74) is 1.54. The lowest BCUT2D eigenvalue weighted by atomic mass is 9.90. The number of esters is 1. The van der Waals surface area contributed by atoms with E-state index in [9.17, 15) is 9.59 Å². The number of methoxy groups -OCH3 is 1. The van der Waals surface area contributed by atoms with E-state index in [4.69, 9.17) is 21.1 Å². The molecule has 0 saturated heterocycles. The van der Waals surface area contributed by atoms with Crippen molar-refractivity contribution in [3.8, 4) is 5.75 Å². The van der Waals surface area contributed by atoms with Crippen LogP contribution in [-0.4, -0.2) is 18.9 Å². The molecule has 3 aromatic carbocycles. The van der Waals surface area contributed by atoms with Crippen molar-refractivity contribution in [3.05, 3.63) is 101 Å². The summed E-state index contributed by atoms with van der Waals surface area (Å²) < 4.78 is 10.7. The average molecular weight is 395 g/mol. The Morgan fingerprint density at radius 3 is 2.18 bits per heavy atom. The van der Waals surface area contributed by atoms with E-state index in [0.717, 1.165) is 5.56 Å². The Kier molecular flexibility index (Phi) is 6.45. The number of benzene rings is 3. The Balaban J connectivity index is 1.94. The van der Waals surface area contributed by atoms with E-state index in [1.54, 1.807) is 42.5 Å². The fraction of sp³-hybridized carbons (Fsp3) is 0.130. The van der Waals surface area contributed by atoms with Crippen molar-refractivity contribution in [2.24, 2.45) is 0 Å². The van der Waals surface area contributed by atoms with Crippen LogP contribution in [0.15, 0.2) is 78.9 Å². The van der Waals surface area contributed by atoms with E-state index in [0.29, 0.717) is 11.3 Å². The van der Waals surface area contributed by atoms with Gasteiger partial charge in [-0.1, -0.05) is 78.3 Å². The quantitative estimate of drug-likeness (QED) is 0.319. The second-order valence-electron chi connectivity index (χ2n) is 6.12. The van der Waals surface area contributed by atoms with Crippen molar-refractivity contribution >= 4 is 23.4 Å². The van der Waals surface area contributed by atoms with Crippen LogP contribution in [0, 0.1) is 0 Å². The average Bonchev–Trinajstić information content (AvgIpc) is 2.73. The van der Waals surface area contributed by atoms with Crippen LogP contribution in [-0.2, 0) is 16.1 Å². The van der Waals surface area contributed by atoms with E-state index < -0.39 is 17.7 Å². The Bertz CT molecular complexity index is 955. The highest BCUT2D eigenvalue weighted by Crippen LogP contribution is 2.32. The highest BCUT2D eigenvalue weighted by atomic mass is 35.5. The fourth-order valence-corrected chi connectivity index (χ4v) is 3.17. The summed E-state index contributed by atoms with van der Waals surface area (Å²) in [6, 6.07) is 23.0. The van der Waals surface area contributed by atoms with Crippen molar-refractivity contribution in [1.82, 2.24) is 0 Å². The van der Waals surface area contributed by atoms with Gasteiger partial charge in [-0.2, -0.15) is 0 Å². The molecule has 0 aliphatic heterocycles. The summed E-state index contributed by atoms with van der Waals surface area (Å²) in [5, 5.41) is 0.223. The lowest BCUT2D eigenvalue weighted by Gasteiger charge is -2.18. The molecule has 0 N–H and O–H groups in total. The van der Waals surface area contributed by atoms with Crippen molar-refractivity contribution < 1.29 is 19.1 Å². The van der Waals surface area contributed by atoms with Crippen molar-refractivity contribution in [2.75, 3.05) is 7.11 Å². The standard InChI is InChI=1S/C23H19ClO4/c1-27-19-14-8-13-18(24)21(19)22(25)20(17-11-6-3-7-12-17)23(26)28-15-16-9-4-2-5-10-16/h2-14,20H,15H2,1H3. The third-order valence-corrected chi connectivity index (χ3v) is 4.61. The molecule has 1 atom stereocenters. The minimum Gasteiger partial charge on any atom is -0.496 e. The number of carbonyl (C=O) groups excluding carboxylic acids is 2. The Morgan fingerprint density at radius 1 is 0.893 bits per heavy atom. The van der Waals surface area contributed by atoms with Crippen LogP contribution in [0.2, 0.25) is 5.02 Å². The molecular weight excluding hydrogens is 376 g/mol. The molecule has 0 aliphatic rings. The summed E-state index contributed by atoms with van der Waals surface area (Å²) in [5.74, 6) is -1.93. The third kappa shape index (κ3) is 4.41. The number of halogens is 1. The Hall–Kier alpha value is -3.11. The summed E-state index contributed by atoms with van der Waals surface area (Å²) in [7, 11) is 1.45. The normalized spacial score (nSPS) is 11.5. The number of ketones is 1. The topological polar surface area (TPSA) is 52.6 Å². The monoisotopic (exact) mass is 394 g/mol. The number of carbonyl (C=O) groups is 2. The molecule has 28 heavy (non-hydrogen) atoms. The van der Waals surface area contributed by atoms with Gasteiger partial charge in [-0.15, -0.1) is 0 Å². The number of hydrogen-bond acceptors (Lipinski definition) is 4. The van der Waals surface area contributed by atoms with Crippen molar-refractivity contribution in [1.29, 1.82) is 0 Å². The molecule has 3 rings (SSSR count). The van der Waals surface area contributed by atoms with Crippen LogP contribution in [0.1, 0.15) is 27.4 Å². The largest absolute Gasteiger partial charge is 0.496 e. The van der Waals surface area contributed by atoms with E-state index in [-0.39, 0.29) is 17.2 Å². The fourth-order valence-electron chi connectivity index (χ4n) is 2.91. The molecule has 0 spiro atoms. The van der Waals surface area contributed by atoms with Gasteiger partial charge in [0.15, 0.2) is 5.78 Å². The van der Waals surface area contributed by atoms with Crippen LogP contribution in [0.5, 0.6) is 5.75 Å². The lowest BCUT2D eigenvalue weighted by molar-refractivity contribution is -0.145. The van der Waals surface area contributed by atoms with E-state index in [2.05, 4.69) is 0 Å². The van der Waals surface area contributed by atoms with Crippen molar-refractivity contribution in [3.63, 3.8) is 0 Å². The first-order chi connectivity index (χ1) is 13.6. The van der Waals surface area contributed by atoms with Crippen LogP contribution < -0.4 is 4.74 Å². The predicted molar refractivity (Wildman–Crippen MR) is 108 cm³/mol. The van der Waals surface area contributed by atoms with Gasteiger partial charge in [-0.3, -0.25) is 9.59 Å². The predicted octanol–water partition coefficient (Wildman–Crippen LogP) is 5.06. The first-order valence-electron chi connectivity index (χ1n) is 8.74. The number of ether oxygens (including phenoxy) is 2. The van der Waals surface area contributed by atoms with Gasteiger partial charge in [0.25, 0.3) is 0 Å². The molecule has 3 aromatic rings. The molecule has 0 heterocycles. The maximum atomic E-state index is 13.3. The zero-order chi connectivity index (χ0) is 19.9. The molecular formula is C23H19ClO4. The Morgan fingerprint density at radius 2 is 1.54 bits per heavy atom. The van der Waals surface area contributed by atoms with E-state index in [1.165, 1.54) is 7.11 Å². The molecule has 1 unspecified atom stereocenters. The van der Waals surface area contributed by atoms with Gasteiger partial charge >= 0.3 is 5.97 Å². The van der Waals surface area contributed by atoms with Gasteiger partial charge in [0.2, 0.25) is 0 Å². The second-order valence-corrected chi connectivity index (χ2v) is 6.53. The van der Waals surface area contributed by atoms with E-state index in [1.807, 2.05) is 36.4 Å². The van der Waals surface area contributed by atoms with E-state index >= 15 is 0 Å².